The van der Waals surface area contributed by atoms with Crippen LogP contribution in [0.25, 0.3) is 11.3 Å². The molecular weight excluding hydrogens is 224 g/mol. The summed E-state index contributed by atoms with van der Waals surface area (Å²) >= 11 is 0. The van der Waals surface area contributed by atoms with Crippen LogP contribution in [0.15, 0.2) is 34.9 Å². The first-order valence-electron chi connectivity index (χ1n) is 6.48. The van der Waals surface area contributed by atoms with Crippen molar-refractivity contribution in [2.75, 3.05) is 0 Å². The van der Waals surface area contributed by atoms with Crippen LogP contribution in [-0.2, 0) is 13.0 Å². The second kappa shape index (κ2) is 5.83. The number of nitrogens with one attached hydrogen (secondary N) is 1. The Balaban J connectivity index is 2.27. The van der Waals surface area contributed by atoms with Crippen molar-refractivity contribution in [1.82, 2.24) is 10.5 Å². The summed E-state index contributed by atoms with van der Waals surface area (Å²) < 4.78 is 5.52. The Morgan fingerprint density at radius 1 is 1.22 bits per heavy atom. The lowest BCUT2D eigenvalue weighted by Gasteiger charge is -2.06. The van der Waals surface area contributed by atoms with Gasteiger partial charge in [0.05, 0.1) is 0 Å². The van der Waals surface area contributed by atoms with Gasteiger partial charge in [0.1, 0.15) is 5.69 Å². The normalized spacial score (nSPS) is 11.1. The van der Waals surface area contributed by atoms with Gasteiger partial charge in [0, 0.05) is 23.7 Å². The fourth-order valence-electron chi connectivity index (χ4n) is 1.96. The van der Waals surface area contributed by atoms with Crippen molar-refractivity contribution in [3.05, 3.63) is 41.6 Å². The molecule has 0 amide bonds. The molecule has 1 N–H and O–H groups in total. The van der Waals surface area contributed by atoms with E-state index >= 15 is 0 Å². The number of nitrogens with zero attached hydrogens (tertiary/aromatic N) is 1. The predicted octanol–water partition coefficient (Wildman–Crippen LogP) is 3.40. The van der Waals surface area contributed by atoms with E-state index in [0.717, 1.165) is 30.0 Å². The Hall–Kier alpha value is -1.61. The molecule has 2 rings (SSSR count). The van der Waals surface area contributed by atoms with E-state index in [1.165, 1.54) is 5.56 Å². The smallest absolute Gasteiger partial charge is 0.170 e. The van der Waals surface area contributed by atoms with E-state index in [-0.39, 0.29) is 0 Å². The lowest BCUT2D eigenvalue weighted by molar-refractivity contribution is 0.417. The molecule has 0 spiro atoms. The summed E-state index contributed by atoms with van der Waals surface area (Å²) in [4.78, 5) is 0. The SMILES string of the molecule is CCc1c(CNC(C)C)noc1-c1ccccc1. The average Bonchev–Trinajstić information content (AvgIpc) is 2.80. The molecular formula is C15H20N2O. The molecule has 96 valence electrons. The third kappa shape index (κ3) is 2.79. The highest BCUT2D eigenvalue weighted by molar-refractivity contribution is 5.61. The maximum Gasteiger partial charge on any atom is 0.170 e. The van der Waals surface area contributed by atoms with Crippen LogP contribution in [-0.4, -0.2) is 11.2 Å². The molecule has 0 saturated heterocycles. The molecule has 0 saturated carbocycles. The summed E-state index contributed by atoms with van der Waals surface area (Å²) in [7, 11) is 0. The minimum atomic E-state index is 0.451. The molecule has 0 aliphatic carbocycles. The average molecular weight is 244 g/mol. The van der Waals surface area contributed by atoms with E-state index in [9.17, 15) is 0 Å². The molecule has 18 heavy (non-hydrogen) atoms. The summed E-state index contributed by atoms with van der Waals surface area (Å²) in [6, 6.07) is 10.6. The molecule has 0 bridgehead atoms. The number of aromatic nitrogens is 1. The van der Waals surface area contributed by atoms with E-state index in [4.69, 9.17) is 4.52 Å². The van der Waals surface area contributed by atoms with Crippen molar-refractivity contribution in [1.29, 1.82) is 0 Å². The van der Waals surface area contributed by atoms with Crippen LogP contribution in [0.2, 0.25) is 0 Å². The van der Waals surface area contributed by atoms with Gasteiger partial charge >= 0.3 is 0 Å². The van der Waals surface area contributed by atoms with Crippen molar-refractivity contribution < 1.29 is 4.52 Å². The van der Waals surface area contributed by atoms with Crippen LogP contribution in [0.3, 0.4) is 0 Å². The van der Waals surface area contributed by atoms with Crippen molar-refractivity contribution in [2.24, 2.45) is 0 Å². The monoisotopic (exact) mass is 244 g/mol. The maximum absolute atomic E-state index is 5.52. The summed E-state index contributed by atoms with van der Waals surface area (Å²) in [6.45, 7) is 7.16. The van der Waals surface area contributed by atoms with Gasteiger partial charge in [-0.2, -0.15) is 0 Å². The third-order valence-electron chi connectivity index (χ3n) is 2.94. The molecule has 0 aliphatic rings. The standard InChI is InChI=1S/C15H20N2O/c1-4-13-14(10-16-11(2)3)17-18-15(13)12-8-6-5-7-9-12/h5-9,11,16H,4,10H2,1-3H3. The van der Waals surface area contributed by atoms with Gasteiger partial charge in [-0.3, -0.25) is 0 Å². The van der Waals surface area contributed by atoms with Crippen molar-refractivity contribution >= 4 is 0 Å². The van der Waals surface area contributed by atoms with Gasteiger partial charge in [-0.05, 0) is 6.42 Å². The van der Waals surface area contributed by atoms with E-state index in [0.29, 0.717) is 6.04 Å². The lowest BCUT2D eigenvalue weighted by Crippen LogP contribution is -2.22. The van der Waals surface area contributed by atoms with Crippen LogP contribution in [0.4, 0.5) is 0 Å². The highest BCUT2D eigenvalue weighted by Crippen LogP contribution is 2.26. The Morgan fingerprint density at radius 3 is 2.56 bits per heavy atom. The largest absolute Gasteiger partial charge is 0.356 e. The Bertz CT molecular complexity index is 488. The fraction of sp³-hybridized carbons (Fsp3) is 0.400. The van der Waals surface area contributed by atoms with E-state index in [1.54, 1.807) is 0 Å². The topological polar surface area (TPSA) is 38.1 Å². The van der Waals surface area contributed by atoms with Gasteiger partial charge in [0.2, 0.25) is 0 Å². The van der Waals surface area contributed by atoms with Gasteiger partial charge in [0.25, 0.3) is 0 Å². The zero-order valence-electron chi connectivity index (χ0n) is 11.2. The zero-order chi connectivity index (χ0) is 13.0. The van der Waals surface area contributed by atoms with Gasteiger partial charge in [-0.1, -0.05) is 56.3 Å². The summed E-state index contributed by atoms with van der Waals surface area (Å²) in [5.74, 6) is 0.902. The number of rotatable bonds is 5. The van der Waals surface area contributed by atoms with Gasteiger partial charge in [0.15, 0.2) is 5.76 Å². The molecule has 0 radical (unpaired) electrons. The van der Waals surface area contributed by atoms with Crippen LogP contribution in [0, 0.1) is 0 Å². The number of hydrogen-bond donors (Lipinski definition) is 1. The molecule has 3 heteroatoms. The predicted molar refractivity (Wildman–Crippen MR) is 73.3 cm³/mol. The molecule has 1 aromatic carbocycles. The molecule has 0 aliphatic heterocycles. The molecule has 1 heterocycles. The molecule has 0 atom stereocenters. The molecule has 1 aromatic heterocycles. The maximum atomic E-state index is 5.52. The van der Waals surface area contributed by atoms with Crippen LogP contribution < -0.4 is 5.32 Å². The fourth-order valence-corrected chi connectivity index (χ4v) is 1.96. The second-order valence-corrected chi connectivity index (χ2v) is 4.69. The summed E-state index contributed by atoms with van der Waals surface area (Å²) in [5, 5.41) is 7.58. The molecule has 0 fully saturated rings. The Morgan fingerprint density at radius 2 is 1.94 bits per heavy atom. The first-order chi connectivity index (χ1) is 8.72. The van der Waals surface area contributed by atoms with E-state index in [2.05, 4.69) is 43.4 Å². The quantitative estimate of drug-likeness (QED) is 0.876. The zero-order valence-corrected chi connectivity index (χ0v) is 11.2. The van der Waals surface area contributed by atoms with Crippen LogP contribution >= 0.6 is 0 Å². The van der Waals surface area contributed by atoms with Crippen molar-refractivity contribution in [3.63, 3.8) is 0 Å². The first-order valence-corrected chi connectivity index (χ1v) is 6.48. The number of benzene rings is 1. The lowest BCUT2D eigenvalue weighted by atomic mass is 10.0. The Labute approximate surface area is 108 Å². The Kier molecular flexibility index (Phi) is 4.15. The minimum absolute atomic E-state index is 0.451. The van der Waals surface area contributed by atoms with Gasteiger partial charge in [-0.25, -0.2) is 0 Å². The molecule has 3 nitrogen and oxygen atoms in total. The molecule has 2 aromatic rings. The van der Waals surface area contributed by atoms with E-state index in [1.807, 2.05) is 18.2 Å². The molecule has 0 unspecified atom stereocenters. The highest BCUT2D eigenvalue weighted by Gasteiger charge is 2.15. The summed E-state index contributed by atoms with van der Waals surface area (Å²) in [6.07, 6.45) is 0.933. The number of hydrogen-bond acceptors (Lipinski definition) is 3. The first kappa shape index (κ1) is 12.8. The van der Waals surface area contributed by atoms with Crippen molar-refractivity contribution in [3.8, 4) is 11.3 Å². The highest BCUT2D eigenvalue weighted by atomic mass is 16.5. The van der Waals surface area contributed by atoms with Crippen LogP contribution in [0.5, 0.6) is 0 Å². The second-order valence-electron chi connectivity index (χ2n) is 4.69. The minimum Gasteiger partial charge on any atom is -0.356 e. The van der Waals surface area contributed by atoms with Crippen molar-refractivity contribution in [2.45, 2.75) is 39.8 Å². The van der Waals surface area contributed by atoms with Gasteiger partial charge < -0.3 is 9.84 Å². The summed E-state index contributed by atoms with van der Waals surface area (Å²) in [5.41, 5.74) is 3.32. The van der Waals surface area contributed by atoms with E-state index < -0.39 is 0 Å². The third-order valence-corrected chi connectivity index (χ3v) is 2.94. The van der Waals surface area contributed by atoms with Gasteiger partial charge in [-0.15, -0.1) is 0 Å². The van der Waals surface area contributed by atoms with Crippen LogP contribution in [0.1, 0.15) is 32.0 Å².